The molecule has 2 aromatic rings. The fourth-order valence-corrected chi connectivity index (χ4v) is 3.93. The Morgan fingerprint density at radius 1 is 1.27 bits per heavy atom. The number of pyridine rings is 1. The lowest BCUT2D eigenvalue weighted by Crippen LogP contribution is -2.31. The van der Waals surface area contributed by atoms with Gasteiger partial charge in [-0.3, -0.25) is 14.6 Å². The average Bonchev–Trinajstić information content (AvgIpc) is 3.20. The number of hydrogen-bond donors (Lipinski definition) is 1. The van der Waals surface area contributed by atoms with Crippen molar-refractivity contribution >= 4 is 11.8 Å². The highest BCUT2D eigenvalue weighted by Gasteiger charge is 2.61. The van der Waals surface area contributed by atoms with Crippen LogP contribution in [0, 0.1) is 18.3 Å². The van der Waals surface area contributed by atoms with Crippen molar-refractivity contribution < 1.29 is 9.59 Å². The van der Waals surface area contributed by atoms with Crippen molar-refractivity contribution in [2.24, 2.45) is 11.3 Å². The van der Waals surface area contributed by atoms with Crippen molar-refractivity contribution in [2.45, 2.75) is 26.3 Å². The standard InChI is InChI=1S/C21H23N3O2/c1-15-4-6-17(7-5-15)20(26)24-10-8-21(14-24)11-18(21)19(25)23-13-16-3-2-9-22-12-16/h2-7,9,12,18H,8,10-11,13-14H2,1H3,(H,23,25)/t18-,21-/m1/s1. The molecule has 2 heterocycles. The monoisotopic (exact) mass is 349 g/mol. The first-order chi connectivity index (χ1) is 12.6. The third-order valence-electron chi connectivity index (χ3n) is 5.67. The molecule has 0 unspecified atom stereocenters. The van der Waals surface area contributed by atoms with E-state index in [1.54, 1.807) is 12.4 Å². The number of nitrogens with one attached hydrogen (secondary N) is 1. The maximum absolute atomic E-state index is 12.7. The molecular formula is C21H23N3O2. The van der Waals surface area contributed by atoms with E-state index in [9.17, 15) is 9.59 Å². The number of likely N-dealkylation sites (tertiary alicyclic amines) is 1. The first-order valence-electron chi connectivity index (χ1n) is 9.10. The van der Waals surface area contributed by atoms with Gasteiger partial charge in [-0.05, 0) is 43.5 Å². The predicted molar refractivity (Wildman–Crippen MR) is 98.3 cm³/mol. The van der Waals surface area contributed by atoms with Crippen LogP contribution < -0.4 is 5.32 Å². The number of nitrogens with zero attached hydrogens (tertiary/aromatic N) is 2. The van der Waals surface area contributed by atoms with Gasteiger partial charge in [0.05, 0.1) is 0 Å². The Kier molecular flexibility index (Phi) is 4.23. The zero-order valence-electron chi connectivity index (χ0n) is 14.9. The molecule has 2 fully saturated rings. The van der Waals surface area contributed by atoms with Gasteiger partial charge in [0.2, 0.25) is 5.91 Å². The lowest BCUT2D eigenvalue weighted by Gasteiger charge is -2.17. The molecule has 5 heteroatoms. The largest absolute Gasteiger partial charge is 0.352 e. The van der Waals surface area contributed by atoms with Crippen molar-refractivity contribution in [3.8, 4) is 0 Å². The minimum atomic E-state index is -0.0145. The molecule has 1 N–H and O–H groups in total. The Balaban J connectivity index is 1.33. The summed E-state index contributed by atoms with van der Waals surface area (Å²) in [5.74, 6) is 0.191. The number of carbonyl (C=O) groups is 2. The molecule has 1 saturated heterocycles. The second kappa shape index (κ2) is 6.56. The van der Waals surface area contributed by atoms with Crippen LogP contribution in [-0.4, -0.2) is 34.8 Å². The van der Waals surface area contributed by atoms with Crippen LogP contribution >= 0.6 is 0 Å². The van der Waals surface area contributed by atoms with E-state index in [2.05, 4.69) is 10.3 Å². The molecule has 4 rings (SSSR count). The summed E-state index contributed by atoms with van der Waals surface area (Å²) in [4.78, 5) is 31.1. The number of rotatable bonds is 4. The van der Waals surface area contributed by atoms with Gasteiger partial charge in [-0.1, -0.05) is 23.8 Å². The van der Waals surface area contributed by atoms with Crippen molar-refractivity contribution in [1.29, 1.82) is 0 Å². The minimum Gasteiger partial charge on any atom is -0.352 e. The van der Waals surface area contributed by atoms with Gasteiger partial charge in [-0.25, -0.2) is 0 Å². The van der Waals surface area contributed by atoms with Gasteiger partial charge in [0.15, 0.2) is 0 Å². The van der Waals surface area contributed by atoms with Crippen molar-refractivity contribution in [3.05, 3.63) is 65.5 Å². The van der Waals surface area contributed by atoms with E-state index in [4.69, 9.17) is 0 Å². The van der Waals surface area contributed by atoms with E-state index in [-0.39, 0.29) is 23.1 Å². The molecule has 134 valence electrons. The van der Waals surface area contributed by atoms with Crippen molar-refractivity contribution in [2.75, 3.05) is 13.1 Å². The second-order valence-corrected chi connectivity index (χ2v) is 7.54. The van der Waals surface area contributed by atoms with Crippen LogP contribution in [0.5, 0.6) is 0 Å². The summed E-state index contributed by atoms with van der Waals surface area (Å²) in [6.45, 7) is 3.94. The molecular weight excluding hydrogens is 326 g/mol. The van der Waals surface area contributed by atoms with E-state index < -0.39 is 0 Å². The van der Waals surface area contributed by atoms with Crippen LogP contribution in [0.1, 0.15) is 34.3 Å². The van der Waals surface area contributed by atoms with Crippen molar-refractivity contribution in [3.63, 3.8) is 0 Å². The van der Waals surface area contributed by atoms with Crippen LogP contribution in [0.4, 0.5) is 0 Å². The highest BCUT2D eigenvalue weighted by Crippen LogP contribution is 2.58. The molecule has 2 aliphatic rings. The zero-order valence-corrected chi connectivity index (χ0v) is 14.9. The van der Waals surface area contributed by atoms with Gasteiger partial charge in [0, 0.05) is 48.9 Å². The summed E-state index contributed by atoms with van der Waals surface area (Å²) >= 11 is 0. The SMILES string of the molecule is Cc1ccc(C(=O)N2CC[C@@]3(C[C@@H]3C(=O)NCc3cccnc3)C2)cc1. The maximum Gasteiger partial charge on any atom is 0.253 e. The van der Waals surface area contributed by atoms with Crippen LogP contribution in [0.25, 0.3) is 0 Å². The zero-order chi connectivity index (χ0) is 18.1. The Labute approximate surface area is 153 Å². The fourth-order valence-electron chi connectivity index (χ4n) is 3.93. The van der Waals surface area contributed by atoms with E-state index in [1.807, 2.05) is 48.2 Å². The summed E-state index contributed by atoms with van der Waals surface area (Å²) in [7, 11) is 0. The molecule has 1 aromatic heterocycles. The number of amides is 2. The van der Waals surface area contributed by atoms with Crippen LogP contribution in [0.2, 0.25) is 0 Å². The van der Waals surface area contributed by atoms with Gasteiger partial charge in [-0.2, -0.15) is 0 Å². The van der Waals surface area contributed by atoms with Crippen molar-refractivity contribution in [1.82, 2.24) is 15.2 Å². The number of benzene rings is 1. The Morgan fingerprint density at radius 3 is 2.81 bits per heavy atom. The molecule has 1 spiro atoms. The summed E-state index contributed by atoms with van der Waals surface area (Å²) in [6.07, 6.45) is 5.28. The lowest BCUT2D eigenvalue weighted by molar-refractivity contribution is -0.123. The molecule has 1 aliphatic heterocycles. The van der Waals surface area contributed by atoms with Crippen LogP contribution in [0.15, 0.2) is 48.8 Å². The molecule has 2 amide bonds. The first kappa shape index (κ1) is 16.8. The van der Waals surface area contributed by atoms with Gasteiger partial charge in [-0.15, -0.1) is 0 Å². The third kappa shape index (κ3) is 3.21. The first-order valence-corrected chi connectivity index (χ1v) is 9.10. The summed E-state index contributed by atoms with van der Waals surface area (Å²) in [5, 5.41) is 3.01. The summed E-state index contributed by atoms with van der Waals surface area (Å²) in [6, 6.07) is 11.5. The number of carbonyl (C=O) groups excluding carboxylic acids is 2. The Hall–Kier alpha value is -2.69. The van der Waals surface area contributed by atoms with Gasteiger partial charge < -0.3 is 10.2 Å². The van der Waals surface area contributed by atoms with E-state index in [1.165, 1.54) is 0 Å². The Morgan fingerprint density at radius 2 is 2.08 bits per heavy atom. The van der Waals surface area contributed by atoms with E-state index in [0.717, 1.165) is 36.1 Å². The number of hydrogen-bond acceptors (Lipinski definition) is 3. The summed E-state index contributed by atoms with van der Waals surface area (Å²) in [5.41, 5.74) is 2.86. The van der Waals surface area contributed by atoms with E-state index >= 15 is 0 Å². The van der Waals surface area contributed by atoms with Crippen LogP contribution in [0.3, 0.4) is 0 Å². The third-order valence-corrected chi connectivity index (χ3v) is 5.67. The molecule has 0 radical (unpaired) electrons. The molecule has 2 atom stereocenters. The molecule has 1 aliphatic carbocycles. The number of aryl methyl sites for hydroxylation is 1. The molecule has 0 bridgehead atoms. The van der Waals surface area contributed by atoms with Gasteiger partial charge in [0.1, 0.15) is 0 Å². The second-order valence-electron chi connectivity index (χ2n) is 7.54. The Bertz CT molecular complexity index is 819. The minimum absolute atomic E-state index is 0.0145. The molecule has 1 aromatic carbocycles. The topological polar surface area (TPSA) is 62.3 Å². The summed E-state index contributed by atoms with van der Waals surface area (Å²) < 4.78 is 0. The fraction of sp³-hybridized carbons (Fsp3) is 0.381. The highest BCUT2D eigenvalue weighted by molar-refractivity contribution is 5.94. The quantitative estimate of drug-likeness (QED) is 0.923. The number of aromatic nitrogens is 1. The highest BCUT2D eigenvalue weighted by atomic mass is 16.2. The van der Waals surface area contributed by atoms with E-state index in [0.29, 0.717) is 13.1 Å². The maximum atomic E-state index is 12.7. The lowest BCUT2D eigenvalue weighted by atomic mass is 10.0. The predicted octanol–water partition coefficient (Wildman–Crippen LogP) is 2.56. The smallest absolute Gasteiger partial charge is 0.253 e. The van der Waals surface area contributed by atoms with Gasteiger partial charge >= 0.3 is 0 Å². The molecule has 26 heavy (non-hydrogen) atoms. The molecule has 5 nitrogen and oxygen atoms in total. The normalized spacial score (nSPS) is 23.9. The van der Waals surface area contributed by atoms with Gasteiger partial charge in [0.25, 0.3) is 5.91 Å². The average molecular weight is 349 g/mol. The molecule has 1 saturated carbocycles. The van der Waals surface area contributed by atoms with Crippen LogP contribution in [-0.2, 0) is 11.3 Å².